The second-order valence-electron chi connectivity index (χ2n) is 4.33. The first kappa shape index (κ1) is 14.7. The largest absolute Gasteiger partial charge is 0.468 e. The summed E-state index contributed by atoms with van der Waals surface area (Å²) in [6, 6.07) is 9.40. The van der Waals surface area contributed by atoms with Crippen LogP contribution in [0.1, 0.15) is 18.9 Å². The van der Waals surface area contributed by atoms with Gasteiger partial charge in [-0.2, -0.15) is 4.98 Å². The van der Waals surface area contributed by atoms with Gasteiger partial charge in [0.1, 0.15) is 12.9 Å². The Hall–Kier alpha value is -2.70. The fraction of sp³-hybridized carbons (Fsp3) is 0.286. The Balaban J connectivity index is 2.20. The highest BCUT2D eigenvalue weighted by Crippen LogP contribution is 2.31. The van der Waals surface area contributed by atoms with Crippen LogP contribution in [-0.2, 0) is 6.61 Å². The quantitative estimate of drug-likeness (QED) is 0.622. The van der Waals surface area contributed by atoms with Crippen LogP contribution in [0.25, 0.3) is 0 Å². The Bertz CT molecular complexity index is 604. The van der Waals surface area contributed by atoms with Crippen molar-refractivity contribution in [2.24, 2.45) is 0 Å². The first-order valence-electron chi connectivity index (χ1n) is 6.62. The molecule has 0 aliphatic heterocycles. The maximum atomic E-state index is 11.2. The van der Waals surface area contributed by atoms with Crippen molar-refractivity contribution in [3.63, 3.8) is 0 Å². The number of anilines is 1. The van der Waals surface area contributed by atoms with Crippen LogP contribution in [0.3, 0.4) is 0 Å². The zero-order valence-corrected chi connectivity index (χ0v) is 11.7. The van der Waals surface area contributed by atoms with Gasteiger partial charge in [-0.1, -0.05) is 37.3 Å². The van der Waals surface area contributed by atoms with Gasteiger partial charge >= 0.3 is 5.69 Å². The summed E-state index contributed by atoms with van der Waals surface area (Å²) in [5.74, 6) is 0.150. The summed E-state index contributed by atoms with van der Waals surface area (Å²) in [5.41, 5.74) is 0.676. The monoisotopic (exact) mass is 288 g/mol. The van der Waals surface area contributed by atoms with E-state index in [1.54, 1.807) is 0 Å². The van der Waals surface area contributed by atoms with E-state index < -0.39 is 4.92 Å². The minimum atomic E-state index is -0.529. The molecule has 0 amide bonds. The highest BCUT2D eigenvalue weighted by Gasteiger charge is 2.24. The number of hydrogen-bond donors (Lipinski definition) is 1. The van der Waals surface area contributed by atoms with Crippen molar-refractivity contribution < 1.29 is 9.66 Å². The number of nitrogens with zero attached hydrogens (tertiary/aromatic N) is 3. The average Bonchev–Trinajstić information content (AvgIpc) is 2.51. The second kappa shape index (κ2) is 7.18. The number of nitro groups is 1. The van der Waals surface area contributed by atoms with Crippen molar-refractivity contribution in [1.29, 1.82) is 0 Å². The third-order valence-electron chi connectivity index (χ3n) is 2.73. The summed E-state index contributed by atoms with van der Waals surface area (Å²) in [6.45, 7) is 2.77. The molecule has 7 heteroatoms. The Morgan fingerprint density at radius 1 is 1.29 bits per heavy atom. The molecule has 0 aliphatic carbocycles. The lowest BCUT2D eigenvalue weighted by Gasteiger charge is -2.09. The van der Waals surface area contributed by atoms with Gasteiger partial charge in [0, 0.05) is 6.54 Å². The summed E-state index contributed by atoms with van der Waals surface area (Å²) in [7, 11) is 0. The Morgan fingerprint density at radius 2 is 2.05 bits per heavy atom. The zero-order chi connectivity index (χ0) is 15.1. The zero-order valence-electron chi connectivity index (χ0n) is 11.7. The molecule has 0 saturated heterocycles. The van der Waals surface area contributed by atoms with E-state index >= 15 is 0 Å². The predicted octanol–water partition coefficient (Wildman–Crippen LogP) is 2.79. The Morgan fingerprint density at radius 3 is 2.71 bits per heavy atom. The number of nitrogens with one attached hydrogen (secondary N) is 1. The maximum Gasteiger partial charge on any atom is 0.372 e. The summed E-state index contributed by atoms with van der Waals surface area (Å²) >= 11 is 0. The Kier molecular flexibility index (Phi) is 5.03. The van der Waals surface area contributed by atoms with Gasteiger partial charge in [-0.05, 0) is 12.0 Å². The first-order valence-corrected chi connectivity index (χ1v) is 6.62. The third-order valence-corrected chi connectivity index (χ3v) is 2.73. The molecule has 2 aromatic rings. The number of hydrogen-bond acceptors (Lipinski definition) is 6. The molecular formula is C14H16N4O3. The Labute approximate surface area is 122 Å². The SMILES string of the molecule is CCCNc1ncnc(OCc2ccccc2)c1[N+](=O)[O-]. The van der Waals surface area contributed by atoms with Crippen molar-refractivity contribution in [2.75, 3.05) is 11.9 Å². The molecule has 0 atom stereocenters. The van der Waals surface area contributed by atoms with Crippen molar-refractivity contribution in [3.8, 4) is 5.88 Å². The van der Waals surface area contributed by atoms with Gasteiger partial charge in [0.15, 0.2) is 0 Å². The number of ether oxygens (including phenoxy) is 1. The average molecular weight is 288 g/mol. The van der Waals surface area contributed by atoms with E-state index in [-0.39, 0.29) is 24.0 Å². The topological polar surface area (TPSA) is 90.2 Å². The summed E-state index contributed by atoms with van der Waals surface area (Å²) in [4.78, 5) is 18.5. The molecule has 0 spiro atoms. The van der Waals surface area contributed by atoms with E-state index in [0.717, 1.165) is 12.0 Å². The molecule has 0 bridgehead atoms. The molecule has 1 N–H and O–H groups in total. The van der Waals surface area contributed by atoms with E-state index in [4.69, 9.17) is 4.74 Å². The molecule has 7 nitrogen and oxygen atoms in total. The van der Waals surface area contributed by atoms with Gasteiger partial charge in [-0.15, -0.1) is 0 Å². The molecule has 21 heavy (non-hydrogen) atoms. The first-order chi connectivity index (χ1) is 10.2. The maximum absolute atomic E-state index is 11.2. The molecule has 0 fully saturated rings. The number of aromatic nitrogens is 2. The van der Waals surface area contributed by atoms with Gasteiger partial charge in [0.2, 0.25) is 5.82 Å². The fourth-order valence-corrected chi connectivity index (χ4v) is 1.73. The molecule has 110 valence electrons. The molecule has 1 aromatic carbocycles. The van der Waals surface area contributed by atoms with Crippen molar-refractivity contribution in [3.05, 3.63) is 52.3 Å². The van der Waals surface area contributed by atoms with Crippen LogP contribution >= 0.6 is 0 Å². The van der Waals surface area contributed by atoms with Crippen LogP contribution in [0.2, 0.25) is 0 Å². The molecule has 0 unspecified atom stereocenters. The van der Waals surface area contributed by atoms with Gasteiger partial charge in [-0.25, -0.2) is 4.98 Å². The standard InChI is InChI=1S/C14H16N4O3/c1-2-8-15-13-12(18(19)20)14(17-10-16-13)21-9-11-6-4-3-5-7-11/h3-7,10H,2,8-9H2,1H3,(H,15,16,17). The highest BCUT2D eigenvalue weighted by molar-refractivity contribution is 5.61. The molecule has 1 aromatic heterocycles. The molecule has 0 saturated carbocycles. The second-order valence-corrected chi connectivity index (χ2v) is 4.33. The van der Waals surface area contributed by atoms with Crippen LogP contribution < -0.4 is 10.1 Å². The van der Waals surface area contributed by atoms with Crippen LogP contribution in [-0.4, -0.2) is 21.4 Å². The lowest BCUT2D eigenvalue weighted by atomic mass is 10.2. The number of rotatable bonds is 7. The third kappa shape index (κ3) is 3.88. The summed E-state index contributed by atoms with van der Waals surface area (Å²) < 4.78 is 5.47. The van der Waals surface area contributed by atoms with E-state index in [9.17, 15) is 10.1 Å². The molecule has 2 rings (SSSR count). The van der Waals surface area contributed by atoms with Crippen molar-refractivity contribution >= 4 is 11.5 Å². The van der Waals surface area contributed by atoms with E-state index in [0.29, 0.717) is 6.54 Å². The summed E-state index contributed by atoms with van der Waals surface area (Å²) in [6.07, 6.45) is 2.09. The smallest absolute Gasteiger partial charge is 0.372 e. The number of benzene rings is 1. The van der Waals surface area contributed by atoms with Gasteiger partial charge < -0.3 is 10.1 Å². The van der Waals surface area contributed by atoms with Gasteiger partial charge in [0.25, 0.3) is 5.88 Å². The minimum Gasteiger partial charge on any atom is -0.468 e. The van der Waals surface area contributed by atoms with Crippen molar-refractivity contribution in [2.45, 2.75) is 20.0 Å². The van der Waals surface area contributed by atoms with E-state index in [1.165, 1.54) is 6.33 Å². The summed E-state index contributed by atoms with van der Waals surface area (Å²) in [5, 5.41) is 14.1. The van der Waals surface area contributed by atoms with Gasteiger partial charge in [0.05, 0.1) is 4.92 Å². The minimum absolute atomic E-state index is 0.0301. The van der Waals surface area contributed by atoms with Crippen LogP contribution in [0.15, 0.2) is 36.7 Å². The molecule has 1 heterocycles. The molecule has 0 radical (unpaired) electrons. The van der Waals surface area contributed by atoms with E-state index in [1.807, 2.05) is 37.3 Å². The van der Waals surface area contributed by atoms with Crippen molar-refractivity contribution in [1.82, 2.24) is 9.97 Å². The van der Waals surface area contributed by atoms with Crippen LogP contribution in [0, 0.1) is 10.1 Å². The molecule has 0 aliphatic rings. The lowest BCUT2D eigenvalue weighted by Crippen LogP contribution is -2.08. The lowest BCUT2D eigenvalue weighted by molar-refractivity contribution is -0.385. The molecular weight excluding hydrogens is 272 g/mol. The van der Waals surface area contributed by atoms with Crippen LogP contribution in [0.5, 0.6) is 5.88 Å². The van der Waals surface area contributed by atoms with Crippen LogP contribution in [0.4, 0.5) is 11.5 Å². The normalized spacial score (nSPS) is 10.1. The van der Waals surface area contributed by atoms with E-state index in [2.05, 4.69) is 15.3 Å². The fourth-order valence-electron chi connectivity index (χ4n) is 1.73. The highest BCUT2D eigenvalue weighted by atomic mass is 16.6. The predicted molar refractivity (Wildman–Crippen MR) is 78.2 cm³/mol. The van der Waals surface area contributed by atoms with Gasteiger partial charge in [-0.3, -0.25) is 10.1 Å².